The summed E-state index contributed by atoms with van der Waals surface area (Å²) >= 11 is 3.68. The number of anilines is 1. The van der Waals surface area contributed by atoms with Crippen molar-refractivity contribution in [3.8, 4) is 0 Å². The number of thiophene rings is 2. The lowest BCUT2D eigenvalue weighted by atomic mass is 9.85. The van der Waals surface area contributed by atoms with E-state index in [9.17, 15) is 0 Å². The van der Waals surface area contributed by atoms with Gasteiger partial charge in [0, 0.05) is 21.4 Å². The fourth-order valence-electron chi connectivity index (χ4n) is 4.26. The Labute approximate surface area is 168 Å². The first-order chi connectivity index (χ1) is 13.4. The summed E-state index contributed by atoms with van der Waals surface area (Å²) in [6.45, 7) is 0. The number of hydrogen-bond donors (Lipinski definition) is 0. The average Bonchev–Trinajstić information content (AvgIpc) is 3.43. The molecule has 1 fully saturated rings. The van der Waals surface area contributed by atoms with Crippen LogP contribution < -0.4 is 5.01 Å². The second kappa shape index (κ2) is 7.45. The van der Waals surface area contributed by atoms with E-state index in [4.69, 9.17) is 5.10 Å². The lowest BCUT2D eigenvalue weighted by molar-refractivity contribution is 0.602. The van der Waals surface area contributed by atoms with E-state index in [0.717, 1.165) is 6.42 Å². The first-order valence-corrected chi connectivity index (χ1v) is 11.3. The Morgan fingerprint density at radius 3 is 2.48 bits per heavy atom. The highest BCUT2D eigenvalue weighted by Gasteiger charge is 2.42. The standard InChI is InChI=1S/C23H22N2S2/c1-2-9-18(10-3-1)25-23(21-13-7-15-27-21)22-17(16-19-11-6-14-26-19)8-4-5-12-20(22)24-25/h1-3,6-7,9-11,13-16,22-23H,4-5,8,12H2/b17-16+. The van der Waals surface area contributed by atoms with Crippen LogP contribution in [0.4, 0.5) is 5.69 Å². The number of benzene rings is 1. The molecule has 1 aliphatic heterocycles. The van der Waals surface area contributed by atoms with Gasteiger partial charge in [0.1, 0.15) is 0 Å². The van der Waals surface area contributed by atoms with Crippen LogP contribution in [0.1, 0.15) is 41.5 Å². The van der Waals surface area contributed by atoms with Crippen LogP contribution in [0.25, 0.3) is 6.08 Å². The molecule has 1 saturated carbocycles. The second-order valence-electron chi connectivity index (χ2n) is 7.15. The van der Waals surface area contributed by atoms with Crippen molar-refractivity contribution >= 4 is 40.1 Å². The highest BCUT2D eigenvalue weighted by atomic mass is 32.1. The van der Waals surface area contributed by atoms with Crippen LogP contribution in [-0.2, 0) is 0 Å². The molecule has 2 unspecified atom stereocenters. The van der Waals surface area contributed by atoms with E-state index in [1.54, 1.807) is 5.57 Å². The molecule has 2 aromatic heterocycles. The predicted molar refractivity (Wildman–Crippen MR) is 118 cm³/mol. The number of rotatable bonds is 3. The fraction of sp³-hybridized carbons (Fsp3) is 0.261. The summed E-state index contributed by atoms with van der Waals surface area (Å²) in [5.74, 6) is 0.383. The van der Waals surface area contributed by atoms with Crippen molar-refractivity contribution in [3.05, 3.63) is 80.7 Å². The highest BCUT2D eigenvalue weighted by molar-refractivity contribution is 7.11. The number of para-hydroxylation sites is 1. The van der Waals surface area contributed by atoms with Crippen LogP contribution in [-0.4, -0.2) is 5.71 Å². The van der Waals surface area contributed by atoms with Gasteiger partial charge in [-0.2, -0.15) is 5.10 Å². The number of fused-ring (bicyclic) bond motifs is 1. The van der Waals surface area contributed by atoms with Crippen molar-refractivity contribution in [2.45, 2.75) is 31.7 Å². The van der Waals surface area contributed by atoms with E-state index in [0.29, 0.717) is 5.92 Å². The molecule has 2 atom stereocenters. The van der Waals surface area contributed by atoms with Crippen LogP contribution in [0.2, 0.25) is 0 Å². The minimum Gasteiger partial charge on any atom is -0.256 e. The van der Waals surface area contributed by atoms with Crippen molar-refractivity contribution in [2.24, 2.45) is 11.0 Å². The third kappa shape index (κ3) is 3.28. The molecule has 0 radical (unpaired) electrons. The number of hydrazone groups is 1. The van der Waals surface area contributed by atoms with Gasteiger partial charge in [0.2, 0.25) is 0 Å². The zero-order chi connectivity index (χ0) is 18.1. The summed E-state index contributed by atoms with van der Waals surface area (Å²) in [4.78, 5) is 2.76. The minimum atomic E-state index is 0.270. The monoisotopic (exact) mass is 390 g/mol. The van der Waals surface area contributed by atoms with Gasteiger partial charge in [0.25, 0.3) is 0 Å². The summed E-state index contributed by atoms with van der Waals surface area (Å²) in [7, 11) is 0. The molecule has 0 N–H and O–H groups in total. The third-order valence-electron chi connectivity index (χ3n) is 5.45. The Bertz CT molecular complexity index is 940. The van der Waals surface area contributed by atoms with Gasteiger partial charge in [-0.25, -0.2) is 0 Å². The largest absolute Gasteiger partial charge is 0.256 e. The second-order valence-corrected chi connectivity index (χ2v) is 9.11. The van der Waals surface area contributed by atoms with Crippen molar-refractivity contribution < 1.29 is 0 Å². The Morgan fingerprint density at radius 1 is 0.889 bits per heavy atom. The van der Waals surface area contributed by atoms with Gasteiger partial charge in [0.05, 0.1) is 11.7 Å². The molecule has 4 heteroatoms. The van der Waals surface area contributed by atoms with Crippen LogP contribution in [0, 0.1) is 5.92 Å². The SMILES string of the molecule is C(=C1/CCCCC2=NN(c3ccccc3)C(c3cccs3)C21)/c1cccs1. The molecule has 3 heterocycles. The van der Waals surface area contributed by atoms with Gasteiger partial charge in [-0.05, 0) is 66.8 Å². The molecule has 0 bridgehead atoms. The Balaban J connectivity index is 1.62. The van der Waals surface area contributed by atoms with Gasteiger partial charge in [-0.1, -0.05) is 35.9 Å². The molecule has 5 rings (SSSR count). The Kier molecular flexibility index (Phi) is 4.68. The van der Waals surface area contributed by atoms with Gasteiger partial charge in [-0.3, -0.25) is 5.01 Å². The first kappa shape index (κ1) is 17.0. The van der Waals surface area contributed by atoms with Crippen molar-refractivity contribution in [2.75, 3.05) is 5.01 Å². The summed E-state index contributed by atoms with van der Waals surface area (Å²) in [6.07, 6.45) is 7.21. The predicted octanol–water partition coefficient (Wildman–Crippen LogP) is 7.00. The van der Waals surface area contributed by atoms with Gasteiger partial charge in [-0.15, -0.1) is 22.7 Å². The average molecular weight is 391 g/mol. The van der Waals surface area contributed by atoms with Crippen molar-refractivity contribution in [3.63, 3.8) is 0 Å². The lowest BCUT2D eigenvalue weighted by Crippen LogP contribution is -2.25. The first-order valence-electron chi connectivity index (χ1n) is 9.59. The van der Waals surface area contributed by atoms with Crippen molar-refractivity contribution in [1.82, 2.24) is 0 Å². The molecule has 2 aliphatic rings. The molecule has 0 spiro atoms. The van der Waals surface area contributed by atoms with E-state index in [1.807, 2.05) is 22.7 Å². The van der Waals surface area contributed by atoms with E-state index in [2.05, 4.69) is 76.4 Å². The molecule has 27 heavy (non-hydrogen) atoms. The zero-order valence-corrected chi connectivity index (χ0v) is 16.8. The van der Waals surface area contributed by atoms with Gasteiger partial charge in [0.15, 0.2) is 0 Å². The van der Waals surface area contributed by atoms with E-state index >= 15 is 0 Å². The molecule has 0 amide bonds. The molecule has 3 aromatic rings. The van der Waals surface area contributed by atoms with Crippen molar-refractivity contribution in [1.29, 1.82) is 0 Å². The summed E-state index contributed by atoms with van der Waals surface area (Å²) in [5.41, 5.74) is 4.09. The molecule has 0 saturated heterocycles. The molecule has 1 aliphatic carbocycles. The maximum absolute atomic E-state index is 5.18. The normalized spacial score (nSPS) is 23.9. The topological polar surface area (TPSA) is 15.6 Å². The fourth-order valence-corrected chi connectivity index (χ4v) is 5.80. The van der Waals surface area contributed by atoms with E-state index in [-0.39, 0.29) is 6.04 Å². The van der Waals surface area contributed by atoms with Gasteiger partial charge < -0.3 is 0 Å². The maximum atomic E-state index is 5.18. The smallest absolute Gasteiger partial charge is 0.0985 e. The highest BCUT2D eigenvalue weighted by Crippen LogP contribution is 2.47. The number of nitrogens with zero attached hydrogens (tertiary/aromatic N) is 2. The van der Waals surface area contributed by atoms with Gasteiger partial charge >= 0.3 is 0 Å². The molecular weight excluding hydrogens is 368 g/mol. The summed E-state index contributed by atoms with van der Waals surface area (Å²) < 4.78 is 0. The third-order valence-corrected chi connectivity index (χ3v) is 7.21. The quantitative estimate of drug-likeness (QED) is 0.470. The molecule has 2 nitrogen and oxygen atoms in total. The van der Waals surface area contributed by atoms with Crippen LogP contribution >= 0.6 is 22.7 Å². The maximum Gasteiger partial charge on any atom is 0.0985 e. The van der Waals surface area contributed by atoms with Crippen LogP contribution in [0.3, 0.4) is 0 Å². The molecular formula is C23H22N2S2. The Hall–Kier alpha value is -2.17. The lowest BCUT2D eigenvalue weighted by Gasteiger charge is -2.28. The Morgan fingerprint density at radius 2 is 1.70 bits per heavy atom. The van der Waals surface area contributed by atoms with E-state index < -0.39 is 0 Å². The molecule has 1 aromatic carbocycles. The van der Waals surface area contributed by atoms with Crippen LogP contribution in [0.5, 0.6) is 0 Å². The zero-order valence-electron chi connectivity index (χ0n) is 15.1. The number of hydrogen-bond acceptors (Lipinski definition) is 4. The molecule has 136 valence electrons. The van der Waals surface area contributed by atoms with E-state index in [1.165, 1.54) is 40.4 Å². The minimum absolute atomic E-state index is 0.270. The van der Waals surface area contributed by atoms with Crippen LogP contribution in [0.15, 0.2) is 76.0 Å². The summed E-state index contributed by atoms with van der Waals surface area (Å²) in [5, 5.41) is 11.8. The summed E-state index contributed by atoms with van der Waals surface area (Å²) in [6, 6.07) is 19.7.